The van der Waals surface area contributed by atoms with Crippen molar-refractivity contribution in [1.82, 2.24) is 0 Å². The van der Waals surface area contributed by atoms with Gasteiger partial charge in [-0.1, -0.05) is 72.2 Å². The molecule has 0 fully saturated rings. The molecule has 5 aromatic carbocycles. The van der Waals surface area contributed by atoms with Crippen molar-refractivity contribution in [3.8, 4) is 29.4 Å². The molecule has 174 valence electrons. The van der Waals surface area contributed by atoms with Crippen LogP contribution in [-0.2, 0) is 13.2 Å². The minimum Gasteiger partial charge on any atom is -0.495 e. The number of methoxy groups -OCH3 is 1. The Bertz CT molecular complexity index is 1580. The standard InChI is InChI=1S/C33H24O3/c1-36-33-29-12-4-10-27(16-14-23-6-2-8-25(18-23)21-34)31(29)20-32-28(11-5-13-30(32)33)17-15-24-7-3-9-26(19-24)22-35/h2-13,18-20,34-35H,21-22H2,1H3. The van der Waals surface area contributed by atoms with Crippen molar-refractivity contribution < 1.29 is 14.9 Å². The van der Waals surface area contributed by atoms with E-state index in [1.54, 1.807) is 7.11 Å². The molecular formula is C33H24O3. The minimum atomic E-state index is -0.0128. The normalized spacial score (nSPS) is 10.4. The third-order valence-corrected chi connectivity index (χ3v) is 6.10. The van der Waals surface area contributed by atoms with Crippen LogP contribution in [0.2, 0.25) is 0 Å². The summed E-state index contributed by atoms with van der Waals surface area (Å²) in [6, 6.07) is 29.4. The van der Waals surface area contributed by atoms with Gasteiger partial charge in [0.25, 0.3) is 0 Å². The van der Waals surface area contributed by atoms with Crippen molar-refractivity contribution in [3.63, 3.8) is 0 Å². The minimum absolute atomic E-state index is 0.0128. The maximum atomic E-state index is 9.43. The largest absolute Gasteiger partial charge is 0.495 e. The molecule has 0 unspecified atom stereocenters. The van der Waals surface area contributed by atoms with Gasteiger partial charge in [-0.25, -0.2) is 0 Å². The molecule has 3 heteroatoms. The van der Waals surface area contributed by atoms with Crippen LogP contribution in [0.4, 0.5) is 0 Å². The molecule has 5 rings (SSSR count). The predicted molar refractivity (Wildman–Crippen MR) is 145 cm³/mol. The number of hydrogen-bond acceptors (Lipinski definition) is 3. The van der Waals surface area contributed by atoms with Gasteiger partial charge >= 0.3 is 0 Å². The van der Waals surface area contributed by atoms with Crippen molar-refractivity contribution in [2.45, 2.75) is 13.2 Å². The monoisotopic (exact) mass is 468 g/mol. The second-order valence-corrected chi connectivity index (χ2v) is 8.43. The van der Waals surface area contributed by atoms with Crippen LogP contribution in [0.5, 0.6) is 5.75 Å². The molecule has 5 aromatic rings. The van der Waals surface area contributed by atoms with E-state index in [4.69, 9.17) is 4.74 Å². The van der Waals surface area contributed by atoms with E-state index in [9.17, 15) is 10.2 Å². The molecule has 0 atom stereocenters. The molecule has 0 amide bonds. The Kier molecular flexibility index (Phi) is 6.69. The summed E-state index contributed by atoms with van der Waals surface area (Å²) in [5, 5.41) is 22.8. The molecule has 0 aliphatic carbocycles. The van der Waals surface area contributed by atoms with Crippen LogP contribution in [0.1, 0.15) is 33.4 Å². The van der Waals surface area contributed by atoms with Gasteiger partial charge in [0.2, 0.25) is 0 Å². The Labute approximate surface area is 210 Å². The number of aliphatic hydroxyl groups is 2. The molecule has 0 radical (unpaired) electrons. The SMILES string of the molecule is COc1c2cccc(C#Cc3cccc(CO)c3)c2cc2c(C#Cc3cccc(CO)c3)cccc12. The lowest BCUT2D eigenvalue weighted by Crippen LogP contribution is -1.91. The van der Waals surface area contributed by atoms with Gasteiger partial charge in [0.15, 0.2) is 0 Å². The predicted octanol–water partition coefficient (Wildman–Crippen LogP) is 5.79. The summed E-state index contributed by atoms with van der Waals surface area (Å²) in [6.07, 6.45) is 0. The molecule has 0 spiro atoms. The highest BCUT2D eigenvalue weighted by Gasteiger charge is 2.12. The van der Waals surface area contributed by atoms with E-state index in [1.165, 1.54) is 0 Å². The van der Waals surface area contributed by atoms with Gasteiger partial charge in [0.05, 0.1) is 20.3 Å². The summed E-state index contributed by atoms with van der Waals surface area (Å²) < 4.78 is 5.88. The average molecular weight is 469 g/mol. The van der Waals surface area contributed by atoms with Crippen LogP contribution in [-0.4, -0.2) is 17.3 Å². The molecule has 0 heterocycles. The quantitative estimate of drug-likeness (QED) is 0.260. The van der Waals surface area contributed by atoms with Crippen LogP contribution >= 0.6 is 0 Å². The second-order valence-electron chi connectivity index (χ2n) is 8.43. The van der Waals surface area contributed by atoms with Crippen LogP contribution in [0.15, 0.2) is 91.0 Å². The van der Waals surface area contributed by atoms with E-state index in [2.05, 4.69) is 29.7 Å². The lowest BCUT2D eigenvalue weighted by molar-refractivity contribution is 0.281. The molecule has 2 N–H and O–H groups in total. The molecular weight excluding hydrogens is 444 g/mol. The number of hydrogen-bond donors (Lipinski definition) is 2. The summed E-state index contributed by atoms with van der Waals surface area (Å²) in [5.74, 6) is 13.9. The molecule has 0 saturated carbocycles. The summed E-state index contributed by atoms with van der Waals surface area (Å²) in [4.78, 5) is 0. The lowest BCUT2D eigenvalue weighted by Gasteiger charge is -2.12. The summed E-state index contributed by atoms with van der Waals surface area (Å²) in [5.41, 5.74) is 5.15. The zero-order valence-electron chi connectivity index (χ0n) is 19.9. The van der Waals surface area contributed by atoms with E-state index in [0.717, 1.165) is 60.7 Å². The van der Waals surface area contributed by atoms with Gasteiger partial charge in [-0.05, 0) is 53.6 Å². The molecule has 0 saturated heterocycles. The van der Waals surface area contributed by atoms with Gasteiger partial charge in [0.1, 0.15) is 5.75 Å². The van der Waals surface area contributed by atoms with Gasteiger partial charge in [-0.2, -0.15) is 0 Å². The number of ether oxygens (including phenoxy) is 1. The fourth-order valence-corrected chi connectivity index (χ4v) is 4.34. The number of fused-ring (bicyclic) bond motifs is 2. The molecule has 0 aromatic heterocycles. The first-order valence-electron chi connectivity index (χ1n) is 11.7. The van der Waals surface area contributed by atoms with Crippen LogP contribution in [0, 0.1) is 23.7 Å². The topological polar surface area (TPSA) is 49.7 Å². The fraction of sp³-hybridized carbons (Fsp3) is 0.0909. The first kappa shape index (κ1) is 23.2. The maximum Gasteiger partial charge on any atom is 0.134 e. The van der Waals surface area contributed by atoms with Crippen molar-refractivity contribution >= 4 is 21.5 Å². The number of benzene rings is 5. The Morgan fingerprint density at radius 1 is 0.556 bits per heavy atom. The zero-order valence-corrected chi connectivity index (χ0v) is 19.9. The Hall–Kier alpha value is -4.54. The Morgan fingerprint density at radius 2 is 1.03 bits per heavy atom. The Morgan fingerprint density at radius 3 is 1.47 bits per heavy atom. The van der Waals surface area contributed by atoms with Crippen LogP contribution in [0.25, 0.3) is 21.5 Å². The fourth-order valence-electron chi connectivity index (χ4n) is 4.34. The van der Waals surface area contributed by atoms with Crippen LogP contribution in [0.3, 0.4) is 0 Å². The van der Waals surface area contributed by atoms with E-state index in [1.807, 2.05) is 84.9 Å². The highest BCUT2D eigenvalue weighted by molar-refractivity contribution is 6.08. The number of rotatable bonds is 3. The van der Waals surface area contributed by atoms with E-state index in [-0.39, 0.29) is 13.2 Å². The lowest BCUT2D eigenvalue weighted by atomic mass is 9.95. The van der Waals surface area contributed by atoms with Crippen molar-refractivity contribution in [2.75, 3.05) is 7.11 Å². The van der Waals surface area contributed by atoms with E-state index in [0.29, 0.717) is 0 Å². The molecule has 0 bridgehead atoms. The summed E-state index contributed by atoms with van der Waals surface area (Å²) in [6.45, 7) is -0.0256. The summed E-state index contributed by atoms with van der Waals surface area (Å²) in [7, 11) is 1.69. The zero-order chi connectivity index (χ0) is 24.9. The van der Waals surface area contributed by atoms with Crippen molar-refractivity contribution in [3.05, 3.63) is 124 Å². The highest BCUT2D eigenvalue weighted by atomic mass is 16.5. The first-order valence-corrected chi connectivity index (χ1v) is 11.7. The van der Waals surface area contributed by atoms with E-state index >= 15 is 0 Å². The van der Waals surface area contributed by atoms with E-state index < -0.39 is 0 Å². The molecule has 3 nitrogen and oxygen atoms in total. The third kappa shape index (κ3) is 4.67. The summed E-state index contributed by atoms with van der Waals surface area (Å²) >= 11 is 0. The third-order valence-electron chi connectivity index (χ3n) is 6.10. The molecule has 0 aliphatic rings. The smallest absolute Gasteiger partial charge is 0.134 e. The maximum absolute atomic E-state index is 9.43. The molecule has 0 aliphatic heterocycles. The second kappa shape index (κ2) is 10.4. The van der Waals surface area contributed by atoms with Gasteiger partial charge in [-0.15, -0.1) is 0 Å². The molecule has 36 heavy (non-hydrogen) atoms. The van der Waals surface area contributed by atoms with Gasteiger partial charge in [0, 0.05) is 43.8 Å². The average Bonchev–Trinajstić information content (AvgIpc) is 2.93. The van der Waals surface area contributed by atoms with Gasteiger partial charge < -0.3 is 14.9 Å². The highest BCUT2D eigenvalue weighted by Crippen LogP contribution is 2.37. The van der Waals surface area contributed by atoms with Crippen molar-refractivity contribution in [2.24, 2.45) is 0 Å². The Balaban J connectivity index is 1.68. The van der Waals surface area contributed by atoms with Gasteiger partial charge in [-0.3, -0.25) is 0 Å². The first-order chi connectivity index (χ1) is 17.7. The number of aliphatic hydroxyl groups excluding tert-OH is 2. The van der Waals surface area contributed by atoms with Crippen LogP contribution < -0.4 is 4.74 Å². The van der Waals surface area contributed by atoms with Crippen molar-refractivity contribution in [1.29, 1.82) is 0 Å².